The summed E-state index contributed by atoms with van der Waals surface area (Å²) in [6.07, 6.45) is 4.20. The molecule has 0 radical (unpaired) electrons. The van der Waals surface area contributed by atoms with Crippen LogP contribution in [0.15, 0.2) is 12.1 Å². The number of ether oxygens (including phenoxy) is 2. The number of ketones is 1. The van der Waals surface area contributed by atoms with Crippen molar-refractivity contribution < 1.29 is 24.2 Å². The maximum atomic E-state index is 12.4. The van der Waals surface area contributed by atoms with Crippen molar-refractivity contribution in [2.45, 2.75) is 64.7 Å². The third-order valence-corrected chi connectivity index (χ3v) is 4.52. The lowest BCUT2D eigenvalue weighted by molar-refractivity contribution is -0.136. The van der Waals surface area contributed by atoms with Crippen LogP contribution in [0.5, 0.6) is 11.5 Å². The SMILES string of the molecule is CCCCCC(C)(C)c1cc(OC)c(C(=O)CCC(=O)O)cc1OC. The predicted octanol–water partition coefficient (Wildman–Crippen LogP) is 4.61. The summed E-state index contributed by atoms with van der Waals surface area (Å²) in [6.45, 7) is 6.49. The van der Waals surface area contributed by atoms with Crippen LogP contribution in [-0.2, 0) is 10.2 Å². The highest BCUT2D eigenvalue weighted by Crippen LogP contribution is 2.40. The first-order valence-corrected chi connectivity index (χ1v) is 8.78. The Morgan fingerprint density at radius 1 is 1.04 bits per heavy atom. The van der Waals surface area contributed by atoms with Gasteiger partial charge in [0.15, 0.2) is 5.78 Å². The Kier molecular flexibility index (Phi) is 7.94. The molecule has 1 rings (SSSR count). The fraction of sp³-hybridized carbons (Fsp3) is 0.600. The average molecular weight is 350 g/mol. The summed E-state index contributed by atoms with van der Waals surface area (Å²) in [5.74, 6) is -0.142. The normalized spacial score (nSPS) is 11.2. The van der Waals surface area contributed by atoms with E-state index in [-0.39, 0.29) is 24.0 Å². The van der Waals surface area contributed by atoms with Gasteiger partial charge < -0.3 is 14.6 Å². The highest BCUT2D eigenvalue weighted by molar-refractivity contribution is 6.00. The number of Topliss-reactive ketones (excluding diaryl/α,β-unsaturated/α-hetero) is 1. The van der Waals surface area contributed by atoms with E-state index in [4.69, 9.17) is 14.6 Å². The highest BCUT2D eigenvalue weighted by atomic mass is 16.5. The van der Waals surface area contributed by atoms with E-state index in [1.54, 1.807) is 13.2 Å². The van der Waals surface area contributed by atoms with Gasteiger partial charge in [-0.2, -0.15) is 0 Å². The molecule has 0 aliphatic carbocycles. The van der Waals surface area contributed by atoms with E-state index in [0.717, 1.165) is 24.8 Å². The molecule has 140 valence electrons. The van der Waals surface area contributed by atoms with Crippen LogP contribution in [0, 0.1) is 0 Å². The molecule has 0 saturated carbocycles. The van der Waals surface area contributed by atoms with Crippen molar-refractivity contribution in [3.63, 3.8) is 0 Å². The summed E-state index contributed by atoms with van der Waals surface area (Å²) in [4.78, 5) is 23.1. The molecule has 0 bridgehead atoms. The van der Waals surface area contributed by atoms with E-state index >= 15 is 0 Å². The van der Waals surface area contributed by atoms with E-state index in [9.17, 15) is 9.59 Å². The molecule has 0 heterocycles. The Morgan fingerprint density at radius 3 is 2.20 bits per heavy atom. The number of carbonyl (C=O) groups excluding carboxylic acids is 1. The molecule has 0 aliphatic heterocycles. The standard InChI is InChI=1S/C20H30O5/c1-6-7-8-11-20(2,3)15-13-17(24-4)14(12-18(15)25-5)16(21)9-10-19(22)23/h12-13H,6-11H2,1-5H3,(H,22,23). The van der Waals surface area contributed by atoms with Gasteiger partial charge in [0.25, 0.3) is 0 Å². The quantitative estimate of drug-likeness (QED) is 0.466. The lowest BCUT2D eigenvalue weighted by atomic mass is 9.78. The summed E-state index contributed by atoms with van der Waals surface area (Å²) >= 11 is 0. The van der Waals surface area contributed by atoms with Crippen molar-refractivity contribution in [1.29, 1.82) is 0 Å². The number of hydrogen-bond acceptors (Lipinski definition) is 4. The van der Waals surface area contributed by atoms with E-state index in [0.29, 0.717) is 17.1 Å². The minimum absolute atomic E-state index is 0.0614. The van der Waals surface area contributed by atoms with E-state index in [2.05, 4.69) is 20.8 Å². The third kappa shape index (κ3) is 5.76. The molecule has 0 saturated heterocycles. The topological polar surface area (TPSA) is 72.8 Å². The van der Waals surface area contributed by atoms with Crippen LogP contribution in [0.4, 0.5) is 0 Å². The summed E-state index contributed by atoms with van der Waals surface area (Å²) in [6, 6.07) is 3.54. The number of carboxylic acid groups (broad SMARTS) is 1. The zero-order chi connectivity index (χ0) is 19.0. The van der Waals surface area contributed by atoms with Crippen LogP contribution in [0.2, 0.25) is 0 Å². The number of benzene rings is 1. The molecular weight excluding hydrogens is 320 g/mol. The van der Waals surface area contributed by atoms with Gasteiger partial charge in [-0.15, -0.1) is 0 Å². The molecule has 0 unspecified atom stereocenters. The molecule has 1 aromatic carbocycles. The second-order valence-electron chi connectivity index (χ2n) is 6.91. The molecule has 0 atom stereocenters. The summed E-state index contributed by atoms with van der Waals surface area (Å²) in [5.41, 5.74) is 1.25. The van der Waals surface area contributed by atoms with Crippen molar-refractivity contribution >= 4 is 11.8 Å². The fourth-order valence-corrected chi connectivity index (χ4v) is 2.95. The van der Waals surface area contributed by atoms with Gasteiger partial charge in [-0.05, 0) is 24.0 Å². The Labute approximate surface area is 150 Å². The van der Waals surface area contributed by atoms with Crippen molar-refractivity contribution in [2.24, 2.45) is 0 Å². The first-order chi connectivity index (χ1) is 11.8. The minimum Gasteiger partial charge on any atom is -0.496 e. The maximum Gasteiger partial charge on any atom is 0.303 e. The van der Waals surface area contributed by atoms with Gasteiger partial charge in [0, 0.05) is 12.0 Å². The zero-order valence-corrected chi connectivity index (χ0v) is 16.0. The Morgan fingerprint density at radius 2 is 1.68 bits per heavy atom. The van der Waals surface area contributed by atoms with E-state index in [1.165, 1.54) is 13.5 Å². The van der Waals surface area contributed by atoms with Crippen LogP contribution in [0.3, 0.4) is 0 Å². The largest absolute Gasteiger partial charge is 0.496 e. The molecule has 1 N–H and O–H groups in total. The Bertz CT molecular complexity index is 604. The van der Waals surface area contributed by atoms with Crippen LogP contribution in [-0.4, -0.2) is 31.1 Å². The van der Waals surface area contributed by atoms with Gasteiger partial charge in [0.05, 0.1) is 26.2 Å². The van der Waals surface area contributed by atoms with Crippen LogP contribution in [0.25, 0.3) is 0 Å². The number of carbonyl (C=O) groups is 2. The van der Waals surface area contributed by atoms with Crippen molar-refractivity contribution in [3.05, 3.63) is 23.3 Å². The maximum absolute atomic E-state index is 12.4. The molecule has 0 spiro atoms. The number of methoxy groups -OCH3 is 2. The zero-order valence-electron chi connectivity index (χ0n) is 16.0. The summed E-state index contributed by atoms with van der Waals surface area (Å²) < 4.78 is 10.9. The Hall–Kier alpha value is -2.04. The number of aliphatic carboxylic acids is 1. The van der Waals surface area contributed by atoms with Crippen molar-refractivity contribution in [2.75, 3.05) is 14.2 Å². The van der Waals surface area contributed by atoms with Crippen molar-refractivity contribution in [3.8, 4) is 11.5 Å². The van der Waals surface area contributed by atoms with Gasteiger partial charge in [-0.25, -0.2) is 0 Å². The lowest BCUT2D eigenvalue weighted by Crippen LogP contribution is -2.19. The number of unbranched alkanes of at least 4 members (excludes halogenated alkanes) is 2. The average Bonchev–Trinajstić information content (AvgIpc) is 2.58. The molecule has 5 nitrogen and oxygen atoms in total. The predicted molar refractivity (Wildman–Crippen MR) is 97.9 cm³/mol. The first kappa shape index (κ1) is 21.0. The van der Waals surface area contributed by atoms with E-state index < -0.39 is 5.97 Å². The van der Waals surface area contributed by atoms with Crippen LogP contribution < -0.4 is 9.47 Å². The second-order valence-corrected chi connectivity index (χ2v) is 6.91. The van der Waals surface area contributed by atoms with Gasteiger partial charge in [0.2, 0.25) is 0 Å². The molecule has 0 aromatic heterocycles. The smallest absolute Gasteiger partial charge is 0.303 e. The minimum atomic E-state index is -0.993. The van der Waals surface area contributed by atoms with Crippen LogP contribution >= 0.6 is 0 Å². The molecule has 25 heavy (non-hydrogen) atoms. The monoisotopic (exact) mass is 350 g/mol. The summed E-state index contributed by atoms with van der Waals surface area (Å²) in [7, 11) is 3.10. The first-order valence-electron chi connectivity index (χ1n) is 8.78. The van der Waals surface area contributed by atoms with E-state index in [1.807, 2.05) is 6.07 Å². The molecule has 0 aliphatic rings. The fourth-order valence-electron chi connectivity index (χ4n) is 2.95. The highest BCUT2D eigenvalue weighted by Gasteiger charge is 2.27. The van der Waals surface area contributed by atoms with Crippen LogP contribution in [0.1, 0.15) is 75.2 Å². The van der Waals surface area contributed by atoms with Crippen molar-refractivity contribution in [1.82, 2.24) is 0 Å². The molecule has 1 aromatic rings. The second kappa shape index (κ2) is 9.44. The van der Waals surface area contributed by atoms with Gasteiger partial charge in [0.1, 0.15) is 11.5 Å². The number of rotatable bonds is 11. The molecule has 0 fully saturated rings. The molecule has 5 heteroatoms. The Balaban J connectivity index is 3.21. The number of hydrogen-bond donors (Lipinski definition) is 1. The van der Waals surface area contributed by atoms with Gasteiger partial charge >= 0.3 is 5.97 Å². The molecular formula is C20H30O5. The third-order valence-electron chi connectivity index (χ3n) is 4.52. The number of carboxylic acids is 1. The van der Waals surface area contributed by atoms with Gasteiger partial charge in [-0.3, -0.25) is 9.59 Å². The summed E-state index contributed by atoms with van der Waals surface area (Å²) in [5, 5.41) is 8.78. The lowest BCUT2D eigenvalue weighted by Gasteiger charge is -2.28. The molecule has 0 amide bonds. The van der Waals surface area contributed by atoms with Gasteiger partial charge in [-0.1, -0.05) is 40.0 Å².